The molecule has 0 saturated heterocycles. The van der Waals surface area contributed by atoms with Crippen LogP contribution in [0.25, 0.3) is 0 Å². The van der Waals surface area contributed by atoms with Crippen LogP contribution in [0, 0.1) is 5.41 Å². The first-order valence-electron chi connectivity index (χ1n) is 7.70. The number of halogens is 1. The third-order valence-corrected chi connectivity index (χ3v) is 5.92. The van der Waals surface area contributed by atoms with Crippen molar-refractivity contribution >= 4 is 11.6 Å². The number of nitrogens with one attached hydrogen (secondary N) is 1. The van der Waals surface area contributed by atoms with Gasteiger partial charge in [-0.1, -0.05) is 36.2 Å². The van der Waals surface area contributed by atoms with Crippen LogP contribution in [-0.2, 0) is 5.41 Å². The molecule has 3 aliphatic rings. The number of benzene rings is 1. The van der Waals surface area contributed by atoms with E-state index in [1.54, 1.807) is 0 Å². The lowest BCUT2D eigenvalue weighted by Gasteiger charge is -2.62. The van der Waals surface area contributed by atoms with Crippen LogP contribution in [0.2, 0.25) is 5.02 Å². The summed E-state index contributed by atoms with van der Waals surface area (Å²) in [5.74, 6) is 0. The lowest BCUT2D eigenvalue weighted by molar-refractivity contribution is -0.0483. The highest BCUT2D eigenvalue weighted by atomic mass is 35.5. The molecule has 1 N–H and O–H groups in total. The van der Waals surface area contributed by atoms with Gasteiger partial charge in [0.25, 0.3) is 0 Å². The molecule has 0 radical (unpaired) electrons. The van der Waals surface area contributed by atoms with Gasteiger partial charge >= 0.3 is 0 Å². The van der Waals surface area contributed by atoms with Crippen molar-refractivity contribution in [2.24, 2.45) is 5.41 Å². The smallest absolute Gasteiger partial charge is 0.0444 e. The second kappa shape index (κ2) is 4.23. The molecular formula is C17H22ClN. The van der Waals surface area contributed by atoms with Gasteiger partial charge in [-0.25, -0.2) is 0 Å². The number of rotatable bonds is 4. The zero-order valence-corrected chi connectivity index (χ0v) is 12.2. The first-order valence-corrected chi connectivity index (χ1v) is 8.08. The molecule has 1 aromatic carbocycles. The molecule has 102 valence electrons. The van der Waals surface area contributed by atoms with Gasteiger partial charge < -0.3 is 5.32 Å². The van der Waals surface area contributed by atoms with E-state index in [9.17, 15) is 0 Å². The molecule has 1 aromatic rings. The van der Waals surface area contributed by atoms with E-state index in [-0.39, 0.29) is 0 Å². The molecular weight excluding hydrogens is 254 g/mol. The van der Waals surface area contributed by atoms with Gasteiger partial charge in [-0.05, 0) is 55.6 Å². The van der Waals surface area contributed by atoms with Crippen molar-refractivity contribution in [3.63, 3.8) is 0 Å². The van der Waals surface area contributed by atoms with E-state index in [1.807, 2.05) is 6.07 Å². The Morgan fingerprint density at radius 2 is 1.89 bits per heavy atom. The maximum absolute atomic E-state index is 6.48. The Labute approximate surface area is 120 Å². The Morgan fingerprint density at radius 3 is 2.47 bits per heavy atom. The second-order valence-electron chi connectivity index (χ2n) is 7.12. The van der Waals surface area contributed by atoms with E-state index >= 15 is 0 Å². The van der Waals surface area contributed by atoms with E-state index in [2.05, 4.69) is 23.5 Å². The maximum Gasteiger partial charge on any atom is 0.0444 e. The monoisotopic (exact) mass is 275 g/mol. The molecule has 4 rings (SSSR count). The zero-order valence-electron chi connectivity index (χ0n) is 11.4. The average molecular weight is 276 g/mol. The van der Waals surface area contributed by atoms with Gasteiger partial charge in [0.05, 0.1) is 0 Å². The maximum atomic E-state index is 6.48. The van der Waals surface area contributed by atoms with Crippen molar-refractivity contribution in [1.29, 1.82) is 0 Å². The van der Waals surface area contributed by atoms with Crippen molar-refractivity contribution in [3.05, 3.63) is 34.9 Å². The van der Waals surface area contributed by atoms with Crippen LogP contribution in [0.3, 0.4) is 0 Å². The topological polar surface area (TPSA) is 12.0 Å². The largest absolute Gasteiger partial charge is 0.313 e. The fraction of sp³-hybridized carbons (Fsp3) is 0.647. The molecule has 0 aliphatic heterocycles. The standard InChI is InChI=1S/C17H22ClN/c18-15-5-2-1-4-14(15)17(12-19-13-6-7-13)10-16(11-17)8-3-9-16/h1-2,4-5,13,19H,3,6-12H2. The van der Waals surface area contributed by atoms with E-state index in [4.69, 9.17) is 11.6 Å². The van der Waals surface area contributed by atoms with Gasteiger partial charge in [-0.3, -0.25) is 0 Å². The molecule has 2 heteroatoms. The number of hydrogen-bond donors (Lipinski definition) is 1. The first-order chi connectivity index (χ1) is 9.22. The van der Waals surface area contributed by atoms with E-state index in [1.165, 1.54) is 50.5 Å². The van der Waals surface area contributed by atoms with Gasteiger partial charge in [0.15, 0.2) is 0 Å². The van der Waals surface area contributed by atoms with Gasteiger partial charge in [-0.2, -0.15) is 0 Å². The molecule has 3 fully saturated rings. The minimum atomic E-state index is 0.321. The Morgan fingerprint density at radius 1 is 1.16 bits per heavy atom. The van der Waals surface area contributed by atoms with Crippen LogP contribution >= 0.6 is 11.6 Å². The van der Waals surface area contributed by atoms with Crippen LogP contribution in [0.1, 0.15) is 50.5 Å². The SMILES string of the molecule is Clc1ccccc1C1(CNC2CC2)CC2(CCC2)C1. The van der Waals surface area contributed by atoms with Crippen LogP contribution < -0.4 is 5.32 Å². The molecule has 0 heterocycles. The van der Waals surface area contributed by atoms with Crippen molar-refractivity contribution in [2.75, 3.05) is 6.54 Å². The van der Waals surface area contributed by atoms with Crippen molar-refractivity contribution in [3.8, 4) is 0 Å². The molecule has 1 nitrogen and oxygen atoms in total. The summed E-state index contributed by atoms with van der Waals surface area (Å²) < 4.78 is 0. The van der Waals surface area contributed by atoms with Crippen molar-refractivity contribution in [2.45, 2.75) is 56.4 Å². The summed E-state index contributed by atoms with van der Waals surface area (Å²) in [7, 11) is 0. The summed E-state index contributed by atoms with van der Waals surface area (Å²) in [6.07, 6.45) is 9.76. The normalized spacial score (nSPS) is 26.8. The molecule has 3 aliphatic carbocycles. The summed E-state index contributed by atoms with van der Waals surface area (Å²) in [5.41, 5.74) is 2.40. The van der Waals surface area contributed by atoms with Crippen molar-refractivity contribution in [1.82, 2.24) is 5.32 Å². The van der Waals surface area contributed by atoms with E-state index in [0.717, 1.165) is 17.6 Å². The molecule has 0 amide bonds. The highest BCUT2D eigenvalue weighted by molar-refractivity contribution is 6.31. The predicted octanol–water partition coefficient (Wildman–Crippen LogP) is 4.29. The average Bonchev–Trinajstić information content (AvgIpc) is 3.11. The fourth-order valence-electron chi connectivity index (χ4n) is 4.34. The fourth-order valence-corrected chi connectivity index (χ4v) is 4.68. The van der Waals surface area contributed by atoms with Gasteiger partial charge in [-0.15, -0.1) is 0 Å². The lowest BCUT2D eigenvalue weighted by atomic mass is 9.43. The molecule has 0 aromatic heterocycles. The quantitative estimate of drug-likeness (QED) is 0.864. The summed E-state index contributed by atoms with van der Waals surface area (Å²) in [6.45, 7) is 1.13. The lowest BCUT2D eigenvalue weighted by Crippen LogP contribution is -2.57. The first kappa shape index (κ1) is 12.2. The summed E-state index contributed by atoms with van der Waals surface area (Å²) in [6, 6.07) is 9.29. The predicted molar refractivity (Wildman–Crippen MR) is 79.7 cm³/mol. The van der Waals surface area contributed by atoms with Crippen LogP contribution in [0.15, 0.2) is 24.3 Å². The minimum Gasteiger partial charge on any atom is -0.313 e. The van der Waals surface area contributed by atoms with Crippen LogP contribution in [-0.4, -0.2) is 12.6 Å². The Bertz CT molecular complexity index is 480. The third kappa shape index (κ3) is 2.02. The molecule has 19 heavy (non-hydrogen) atoms. The molecule has 0 atom stereocenters. The highest BCUT2D eigenvalue weighted by Crippen LogP contribution is 2.65. The van der Waals surface area contributed by atoms with Crippen LogP contribution in [0.5, 0.6) is 0 Å². The van der Waals surface area contributed by atoms with Gasteiger partial charge in [0, 0.05) is 23.0 Å². The molecule has 3 saturated carbocycles. The van der Waals surface area contributed by atoms with E-state index in [0.29, 0.717) is 10.8 Å². The highest BCUT2D eigenvalue weighted by Gasteiger charge is 2.57. The molecule has 0 unspecified atom stereocenters. The molecule has 0 bridgehead atoms. The Kier molecular flexibility index (Phi) is 2.72. The van der Waals surface area contributed by atoms with Gasteiger partial charge in [0.1, 0.15) is 0 Å². The Balaban J connectivity index is 1.58. The zero-order chi connectivity index (χ0) is 12.9. The summed E-state index contributed by atoms with van der Waals surface area (Å²) in [4.78, 5) is 0. The van der Waals surface area contributed by atoms with Gasteiger partial charge in [0.2, 0.25) is 0 Å². The third-order valence-electron chi connectivity index (χ3n) is 5.59. The molecule has 1 spiro atoms. The summed E-state index contributed by atoms with van der Waals surface area (Å²) >= 11 is 6.48. The summed E-state index contributed by atoms with van der Waals surface area (Å²) in [5, 5.41) is 4.72. The van der Waals surface area contributed by atoms with E-state index < -0.39 is 0 Å². The van der Waals surface area contributed by atoms with Crippen LogP contribution in [0.4, 0.5) is 0 Å². The minimum absolute atomic E-state index is 0.321. The number of hydrogen-bond acceptors (Lipinski definition) is 1. The van der Waals surface area contributed by atoms with Crippen molar-refractivity contribution < 1.29 is 0 Å². The Hall–Kier alpha value is -0.530. The second-order valence-corrected chi connectivity index (χ2v) is 7.53.